The van der Waals surface area contributed by atoms with Crippen LogP contribution in [0, 0.1) is 6.92 Å². The highest BCUT2D eigenvalue weighted by Crippen LogP contribution is 2.46. The number of imidazole rings is 1. The maximum Gasteiger partial charge on any atom is 0.261 e. The molecule has 1 atom stereocenters. The Bertz CT molecular complexity index is 1370. The molecule has 9 heteroatoms. The lowest BCUT2D eigenvalue weighted by atomic mass is 9.90. The van der Waals surface area contributed by atoms with Gasteiger partial charge in [0.15, 0.2) is 11.2 Å². The fourth-order valence-corrected chi connectivity index (χ4v) is 4.69. The van der Waals surface area contributed by atoms with E-state index < -0.39 is 5.60 Å². The zero-order chi connectivity index (χ0) is 21.9. The Morgan fingerprint density at radius 2 is 2.00 bits per heavy atom. The molecule has 6 rings (SSSR count). The average Bonchev–Trinajstić information content (AvgIpc) is 3.51. The minimum Gasteiger partial charge on any atom is -0.360 e. The van der Waals surface area contributed by atoms with Crippen molar-refractivity contribution in [2.45, 2.75) is 38.8 Å². The van der Waals surface area contributed by atoms with E-state index in [0.717, 1.165) is 40.3 Å². The first kappa shape index (κ1) is 19.0. The van der Waals surface area contributed by atoms with Crippen LogP contribution < -0.4 is 5.32 Å². The number of nitrogens with one attached hydrogen (secondary N) is 1. The molecule has 0 aliphatic carbocycles. The summed E-state index contributed by atoms with van der Waals surface area (Å²) in [6.45, 7) is 5.17. The third-order valence-corrected chi connectivity index (χ3v) is 6.25. The number of amides is 1. The van der Waals surface area contributed by atoms with E-state index in [1.165, 1.54) is 0 Å². The number of carbonyl (C=O) groups excluding carboxylic acids is 1. The van der Waals surface area contributed by atoms with Crippen LogP contribution >= 0.6 is 0 Å². The third kappa shape index (κ3) is 2.61. The van der Waals surface area contributed by atoms with Crippen molar-refractivity contribution in [3.8, 4) is 22.6 Å². The second-order valence-electron chi connectivity index (χ2n) is 8.09. The van der Waals surface area contributed by atoms with Crippen LogP contribution in [0.4, 0.5) is 5.69 Å². The van der Waals surface area contributed by atoms with Gasteiger partial charge in [-0.3, -0.25) is 4.79 Å². The quantitative estimate of drug-likeness (QED) is 0.535. The monoisotopic (exact) mass is 427 g/mol. The normalized spacial score (nSPS) is 19.6. The van der Waals surface area contributed by atoms with Crippen molar-refractivity contribution in [1.82, 2.24) is 29.5 Å². The Balaban J connectivity index is 1.53. The lowest BCUT2D eigenvalue weighted by molar-refractivity contribution is -0.135. The Morgan fingerprint density at radius 3 is 2.75 bits per heavy atom. The molecule has 1 unspecified atom stereocenters. The maximum atomic E-state index is 12.7. The zero-order valence-electron chi connectivity index (χ0n) is 17.8. The van der Waals surface area contributed by atoms with E-state index in [9.17, 15) is 4.79 Å². The molecule has 1 spiro atoms. The van der Waals surface area contributed by atoms with Crippen molar-refractivity contribution >= 4 is 22.8 Å². The molecule has 9 nitrogen and oxygen atoms in total. The maximum absolute atomic E-state index is 12.7. The van der Waals surface area contributed by atoms with E-state index in [4.69, 9.17) is 9.72 Å². The van der Waals surface area contributed by atoms with E-state index in [1.54, 1.807) is 18.7 Å². The fourth-order valence-electron chi connectivity index (χ4n) is 4.69. The van der Waals surface area contributed by atoms with Crippen LogP contribution in [0.15, 0.2) is 36.9 Å². The number of anilines is 1. The third-order valence-electron chi connectivity index (χ3n) is 6.25. The molecule has 3 aromatic heterocycles. The Hall–Kier alpha value is -3.72. The van der Waals surface area contributed by atoms with E-state index in [0.29, 0.717) is 36.6 Å². The summed E-state index contributed by atoms with van der Waals surface area (Å²) < 4.78 is 7.98. The van der Waals surface area contributed by atoms with Crippen LogP contribution in [0.25, 0.3) is 33.8 Å². The summed E-state index contributed by atoms with van der Waals surface area (Å²) in [6.07, 6.45) is 6.64. The molecule has 0 bridgehead atoms. The van der Waals surface area contributed by atoms with E-state index in [2.05, 4.69) is 32.2 Å². The van der Waals surface area contributed by atoms with Crippen molar-refractivity contribution in [1.29, 1.82) is 0 Å². The molecule has 1 N–H and O–H groups in total. The van der Waals surface area contributed by atoms with Crippen molar-refractivity contribution in [2.75, 3.05) is 11.9 Å². The van der Waals surface area contributed by atoms with E-state index in [1.807, 2.05) is 29.7 Å². The Labute approximate surface area is 183 Å². The first-order chi connectivity index (χ1) is 15.6. The van der Waals surface area contributed by atoms with Gasteiger partial charge in [-0.05, 0) is 38.8 Å². The van der Waals surface area contributed by atoms with Gasteiger partial charge in [-0.15, -0.1) is 0 Å². The van der Waals surface area contributed by atoms with Crippen molar-refractivity contribution in [3.05, 3.63) is 48.3 Å². The summed E-state index contributed by atoms with van der Waals surface area (Å²) in [5, 5.41) is 2.96. The highest BCUT2D eigenvalue weighted by molar-refractivity contribution is 6.06. The number of carbonyl (C=O) groups is 1. The number of nitrogens with zero attached hydrogens (tertiary/aromatic N) is 6. The van der Waals surface area contributed by atoms with E-state index in [-0.39, 0.29) is 5.91 Å². The van der Waals surface area contributed by atoms with Gasteiger partial charge in [0.2, 0.25) is 0 Å². The number of hydrogen-bond acceptors (Lipinski definition) is 7. The number of aromatic nitrogens is 6. The SMILES string of the molecule is CCn1c(-c2cnc(C)nc2)nc2c(-c3ccc4c(c3)C3(CCCO3)C(=O)N4)ncnc21. The van der Waals surface area contributed by atoms with Gasteiger partial charge in [-0.1, -0.05) is 6.07 Å². The number of aryl methyl sites for hydroxylation is 2. The molecule has 2 aliphatic rings. The summed E-state index contributed by atoms with van der Waals surface area (Å²) in [6, 6.07) is 5.87. The van der Waals surface area contributed by atoms with Crippen molar-refractivity contribution in [2.24, 2.45) is 0 Å². The average molecular weight is 427 g/mol. The summed E-state index contributed by atoms with van der Waals surface area (Å²) in [5.74, 6) is 1.36. The molecule has 0 radical (unpaired) electrons. The summed E-state index contributed by atoms with van der Waals surface area (Å²) in [7, 11) is 0. The van der Waals surface area contributed by atoms with Gasteiger partial charge in [0.1, 0.15) is 29.2 Å². The van der Waals surface area contributed by atoms with Gasteiger partial charge >= 0.3 is 0 Å². The van der Waals surface area contributed by atoms with Crippen molar-refractivity contribution in [3.63, 3.8) is 0 Å². The Morgan fingerprint density at radius 1 is 1.16 bits per heavy atom. The molecule has 2 aliphatic heterocycles. The van der Waals surface area contributed by atoms with Crippen molar-refractivity contribution < 1.29 is 9.53 Å². The predicted octanol–water partition coefficient (Wildman–Crippen LogP) is 3.24. The minimum atomic E-state index is -0.898. The summed E-state index contributed by atoms with van der Waals surface area (Å²) >= 11 is 0. The number of fused-ring (bicyclic) bond motifs is 3. The zero-order valence-corrected chi connectivity index (χ0v) is 17.8. The van der Waals surface area contributed by atoms with Crippen LogP contribution in [0.3, 0.4) is 0 Å². The van der Waals surface area contributed by atoms with Crippen LogP contribution in [0.5, 0.6) is 0 Å². The number of benzene rings is 1. The fraction of sp³-hybridized carbons (Fsp3) is 0.304. The summed E-state index contributed by atoms with van der Waals surface area (Å²) in [5.41, 5.74) is 4.61. The molecular weight excluding hydrogens is 406 g/mol. The van der Waals surface area contributed by atoms with E-state index >= 15 is 0 Å². The molecule has 5 heterocycles. The highest BCUT2D eigenvalue weighted by atomic mass is 16.5. The van der Waals surface area contributed by atoms with Crippen LogP contribution in [0.1, 0.15) is 31.2 Å². The first-order valence-electron chi connectivity index (χ1n) is 10.7. The molecule has 1 fully saturated rings. The molecule has 4 aromatic rings. The van der Waals surface area contributed by atoms with Gasteiger partial charge in [0.25, 0.3) is 5.91 Å². The van der Waals surface area contributed by atoms with Gasteiger partial charge in [-0.25, -0.2) is 24.9 Å². The van der Waals surface area contributed by atoms with Gasteiger partial charge in [0.05, 0.1) is 5.56 Å². The molecule has 1 amide bonds. The molecule has 32 heavy (non-hydrogen) atoms. The Kier molecular flexibility index (Phi) is 4.09. The van der Waals surface area contributed by atoms with Crippen LogP contribution in [-0.4, -0.2) is 42.0 Å². The minimum absolute atomic E-state index is 0.0908. The number of ether oxygens (including phenoxy) is 1. The van der Waals surface area contributed by atoms with Gasteiger partial charge < -0.3 is 14.6 Å². The summed E-state index contributed by atoms with van der Waals surface area (Å²) in [4.78, 5) is 35.3. The molecular formula is C23H21N7O2. The second-order valence-corrected chi connectivity index (χ2v) is 8.09. The molecule has 0 saturated carbocycles. The van der Waals surface area contributed by atoms with Gasteiger partial charge in [0, 0.05) is 42.4 Å². The van der Waals surface area contributed by atoms with Crippen LogP contribution in [0.2, 0.25) is 0 Å². The standard InChI is InChI=1S/C23H21N7O2/c1-3-30-20(15-10-24-13(2)25-11-15)29-19-18(26-12-27-21(19)30)14-5-6-17-16(9-14)23(22(31)28-17)7-4-8-32-23/h5-6,9-12H,3-4,7-8H2,1-2H3,(H,28,31). The lowest BCUT2D eigenvalue weighted by Gasteiger charge is -2.20. The largest absolute Gasteiger partial charge is 0.360 e. The molecule has 1 aromatic carbocycles. The highest BCUT2D eigenvalue weighted by Gasteiger charge is 2.50. The van der Waals surface area contributed by atoms with Crippen LogP contribution in [-0.2, 0) is 21.7 Å². The predicted molar refractivity (Wildman–Crippen MR) is 118 cm³/mol. The smallest absolute Gasteiger partial charge is 0.261 e. The lowest BCUT2D eigenvalue weighted by Crippen LogP contribution is -2.33. The van der Waals surface area contributed by atoms with Gasteiger partial charge in [-0.2, -0.15) is 0 Å². The molecule has 1 saturated heterocycles. The number of rotatable bonds is 3. The molecule has 160 valence electrons. The first-order valence-corrected chi connectivity index (χ1v) is 10.7. The second kappa shape index (κ2) is 6.89. The number of hydrogen-bond donors (Lipinski definition) is 1. The topological polar surface area (TPSA) is 108 Å².